The predicted molar refractivity (Wildman–Crippen MR) is 68.5 cm³/mol. The molecule has 0 amide bonds. The number of halogens is 3. The number of carbonyl (C=O) groups excluding carboxylic acids is 1. The number of ketones is 1. The minimum atomic E-state index is -1.09. The molecule has 0 aliphatic rings. The lowest BCUT2D eigenvalue weighted by Crippen LogP contribution is -2.07. The molecule has 2 aromatic carbocycles. The van der Waals surface area contributed by atoms with E-state index in [4.69, 9.17) is 0 Å². The van der Waals surface area contributed by atoms with Crippen LogP contribution in [0.5, 0.6) is 0 Å². The lowest BCUT2D eigenvalue weighted by molar-refractivity contribution is 0.0988. The smallest absolute Gasteiger partial charge is 0.170 e. The van der Waals surface area contributed by atoms with Crippen LogP contribution in [0.3, 0.4) is 0 Å². The molecule has 0 saturated heterocycles. The summed E-state index contributed by atoms with van der Waals surface area (Å²) in [5.41, 5.74) is 0.525. The SMILES string of the molecule is O=C(Cc1ccccc1Br)c1cccc(F)c1F. The number of benzene rings is 2. The maximum Gasteiger partial charge on any atom is 0.170 e. The van der Waals surface area contributed by atoms with E-state index in [-0.39, 0.29) is 12.0 Å². The molecule has 0 atom stereocenters. The Bertz CT molecular complexity index is 596. The monoisotopic (exact) mass is 310 g/mol. The van der Waals surface area contributed by atoms with E-state index in [9.17, 15) is 13.6 Å². The van der Waals surface area contributed by atoms with E-state index in [1.165, 1.54) is 12.1 Å². The lowest BCUT2D eigenvalue weighted by atomic mass is 10.0. The van der Waals surface area contributed by atoms with Crippen LogP contribution in [-0.4, -0.2) is 5.78 Å². The first-order valence-electron chi connectivity index (χ1n) is 5.30. The maximum atomic E-state index is 13.4. The van der Waals surface area contributed by atoms with Crippen LogP contribution in [0.15, 0.2) is 46.9 Å². The number of rotatable bonds is 3. The Morgan fingerprint density at radius 3 is 2.50 bits per heavy atom. The van der Waals surface area contributed by atoms with Gasteiger partial charge in [0.25, 0.3) is 0 Å². The first kappa shape index (κ1) is 12.9. The quantitative estimate of drug-likeness (QED) is 0.778. The molecule has 0 saturated carbocycles. The molecule has 0 radical (unpaired) electrons. The minimum absolute atomic E-state index is 0.0296. The van der Waals surface area contributed by atoms with Gasteiger partial charge in [0.15, 0.2) is 17.4 Å². The van der Waals surface area contributed by atoms with Crippen LogP contribution in [0.25, 0.3) is 0 Å². The Balaban J connectivity index is 2.28. The van der Waals surface area contributed by atoms with Crippen molar-refractivity contribution >= 4 is 21.7 Å². The van der Waals surface area contributed by atoms with Gasteiger partial charge in [0.2, 0.25) is 0 Å². The van der Waals surface area contributed by atoms with E-state index in [1.54, 1.807) is 18.2 Å². The summed E-state index contributed by atoms with van der Waals surface area (Å²) < 4.78 is 27.2. The molecule has 0 bridgehead atoms. The third-order valence-electron chi connectivity index (χ3n) is 2.56. The zero-order valence-corrected chi connectivity index (χ0v) is 10.9. The summed E-state index contributed by atoms with van der Waals surface area (Å²) in [6.07, 6.45) is 0.0296. The van der Waals surface area contributed by atoms with Crippen molar-refractivity contribution in [1.82, 2.24) is 0 Å². The van der Waals surface area contributed by atoms with Gasteiger partial charge in [-0.2, -0.15) is 0 Å². The molecule has 92 valence electrons. The Kier molecular flexibility index (Phi) is 3.87. The normalized spacial score (nSPS) is 10.4. The molecule has 1 nitrogen and oxygen atoms in total. The van der Waals surface area contributed by atoms with Crippen LogP contribution in [0.1, 0.15) is 15.9 Å². The number of hydrogen-bond acceptors (Lipinski definition) is 1. The van der Waals surface area contributed by atoms with Crippen molar-refractivity contribution in [2.75, 3.05) is 0 Å². The Hall–Kier alpha value is -1.55. The summed E-state index contributed by atoms with van der Waals surface area (Å²) in [5, 5.41) is 0. The zero-order chi connectivity index (χ0) is 13.1. The topological polar surface area (TPSA) is 17.1 Å². The van der Waals surface area contributed by atoms with Crippen LogP contribution in [0, 0.1) is 11.6 Å². The number of hydrogen-bond donors (Lipinski definition) is 0. The van der Waals surface area contributed by atoms with E-state index in [0.717, 1.165) is 16.1 Å². The molecule has 0 aliphatic carbocycles. The van der Waals surface area contributed by atoms with E-state index in [1.807, 2.05) is 6.07 Å². The van der Waals surface area contributed by atoms with Crippen molar-refractivity contribution in [1.29, 1.82) is 0 Å². The first-order valence-corrected chi connectivity index (χ1v) is 6.09. The minimum Gasteiger partial charge on any atom is -0.294 e. The Morgan fingerprint density at radius 2 is 1.78 bits per heavy atom. The number of carbonyl (C=O) groups is 1. The van der Waals surface area contributed by atoms with Crippen molar-refractivity contribution in [3.63, 3.8) is 0 Å². The van der Waals surface area contributed by atoms with Crippen LogP contribution >= 0.6 is 15.9 Å². The second-order valence-corrected chi connectivity index (χ2v) is 4.65. The van der Waals surface area contributed by atoms with Gasteiger partial charge in [-0.3, -0.25) is 4.79 Å². The molecule has 18 heavy (non-hydrogen) atoms. The van der Waals surface area contributed by atoms with Gasteiger partial charge in [0, 0.05) is 10.9 Å². The average molecular weight is 311 g/mol. The molecule has 2 rings (SSSR count). The predicted octanol–water partition coefficient (Wildman–Crippen LogP) is 4.15. The van der Waals surface area contributed by atoms with Crippen molar-refractivity contribution in [3.8, 4) is 0 Å². The highest BCUT2D eigenvalue weighted by Crippen LogP contribution is 2.19. The maximum absolute atomic E-state index is 13.4. The van der Waals surface area contributed by atoms with E-state index < -0.39 is 17.4 Å². The van der Waals surface area contributed by atoms with Gasteiger partial charge in [0.05, 0.1) is 5.56 Å². The van der Waals surface area contributed by atoms with Crippen molar-refractivity contribution in [3.05, 3.63) is 69.7 Å². The standard InChI is InChI=1S/C14H9BrF2O/c15-11-6-2-1-4-9(11)8-13(18)10-5-3-7-12(16)14(10)17/h1-7H,8H2. The van der Waals surface area contributed by atoms with Gasteiger partial charge in [-0.05, 0) is 23.8 Å². The van der Waals surface area contributed by atoms with Crippen LogP contribution < -0.4 is 0 Å². The van der Waals surface area contributed by atoms with Crippen LogP contribution in [-0.2, 0) is 6.42 Å². The Morgan fingerprint density at radius 1 is 1.06 bits per heavy atom. The summed E-state index contributed by atoms with van der Waals surface area (Å²) in [5.74, 6) is -2.54. The summed E-state index contributed by atoms with van der Waals surface area (Å²) >= 11 is 3.31. The first-order chi connectivity index (χ1) is 8.59. The fourth-order valence-electron chi connectivity index (χ4n) is 1.63. The molecular weight excluding hydrogens is 302 g/mol. The van der Waals surface area contributed by atoms with Gasteiger partial charge in [-0.1, -0.05) is 40.2 Å². The summed E-state index contributed by atoms with van der Waals surface area (Å²) in [4.78, 5) is 11.9. The second-order valence-electron chi connectivity index (χ2n) is 3.79. The molecule has 0 aliphatic heterocycles. The van der Waals surface area contributed by atoms with Gasteiger partial charge in [0.1, 0.15) is 0 Å². The highest BCUT2D eigenvalue weighted by atomic mass is 79.9. The third-order valence-corrected chi connectivity index (χ3v) is 3.33. The summed E-state index contributed by atoms with van der Waals surface area (Å²) in [7, 11) is 0. The van der Waals surface area contributed by atoms with Gasteiger partial charge >= 0.3 is 0 Å². The summed E-state index contributed by atoms with van der Waals surface area (Å²) in [6, 6.07) is 10.8. The van der Waals surface area contributed by atoms with Gasteiger partial charge < -0.3 is 0 Å². The van der Waals surface area contributed by atoms with Gasteiger partial charge in [-0.25, -0.2) is 8.78 Å². The molecular formula is C14H9BrF2O. The molecule has 4 heteroatoms. The molecule has 0 unspecified atom stereocenters. The number of Topliss-reactive ketones (excluding diaryl/α,β-unsaturated/α-hetero) is 1. The largest absolute Gasteiger partial charge is 0.294 e. The highest BCUT2D eigenvalue weighted by Gasteiger charge is 2.16. The summed E-state index contributed by atoms with van der Waals surface area (Å²) in [6.45, 7) is 0. The van der Waals surface area contributed by atoms with Gasteiger partial charge in [-0.15, -0.1) is 0 Å². The second kappa shape index (κ2) is 5.40. The van der Waals surface area contributed by atoms with Crippen molar-refractivity contribution in [2.24, 2.45) is 0 Å². The highest BCUT2D eigenvalue weighted by molar-refractivity contribution is 9.10. The third kappa shape index (κ3) is 2.64. The average Bonchev–Trinajstić information content (AvgIpc) is 2.35. The van der Waals surface area contributed by atoms with Crippen molar-refractivity contribution < 1.29 is 13.6 Å². The molecule has 0 aromatic heterocycles. The van der Waals surface area contributed by atoms with Crippen LogP contribution in [0.4, 0.5) is 8.78 Å². The molecule has 2 aromatic rings. The van der Waals surface area contributed by atoms with Crippen LogP contribution in [0.2, 0.25) is 0 Å². The van der Waals surface area contributed by atoms with Crippen molar-refractivity contribution in [2.45, 2.75) is 6.42 Å². The fourth-order valence-corrected chi connectivity index (χ4v) is 2.05. The molecule has 0 fully saturated rings. The zero-order valence-electron chi connectivity index (χ0n) is 9.29. The van der Waals surface area contributed by atoms with E-state index >= 15 is 0 Å². The lowest BCUT2D eigenvalue weighted by Gasteiger charge is -2.05. The molecule has 0 spiro atoms. The van der Waals surface area contributed by atoms with E-state index in [2.05, 4.69) is 15.9 Å². The Labute approximate surface area is 112 Å². The molecule has 0 N–H and O–H groups in total. The fraction of sp³-hybridized carbons (Fsp3) is 0.0714. The molecule has 0 heterocycles. The van der Waals surface area contributed by atoms with E-state index in [0.29, 0.717) is 0 Å².